The van der Waals surface area contributed by atoms with Gasteiger partial charge in [-0.15, -0.1) is 0 Å². The Morgan fingerprint density at radius 1 is 0.368 bits per heavy atom. The van der Waals surface area contributed by atoms with Gasteiger partial charge in [0, 0.05) is 17.1 Å². The highest BCUT2D eigenvalue weighted by Crippen LogP contribution is 2.63. The van der Waals surface area contributed by atoms with Crippen LogP contribution in [0.5, 0.6) is 0 Å². The first-order chi connectivity index (χ1) is 28.3. The van der Waals surface area contributed by atoms with Crippen molar-refractivity contribution < 1.29 is 0 Å². The molecule has 0 amide bonds. The lowest BCUT2D eigenvalue weighted by Crippen LogP contribution is -2.26. The minimum atomic E-state index is -0.391. The molecular weight excluding hydrogens is 687 g/mol. The standard InChI is InChI=1S/C56H43N/c1-2-12-38(13-3-1)45-14-4-5-15-46(45)39-24-28-42(29-25-39)57(43-30-26-40(27-31-43)51-35-37-22-23-41(51)34-37)44-32-33-50-49-18-8-11-21-54(49)56(55(50)36-44)52-19-9-6-16-47(52)48-17-7-10-20-53(48)56/h1-21,24-33,36-37,41,51H,22-23,34-35H2. The van der Waals surface area contributed by atoms with Crippen molar-refractivity contribution in [1.29, 1.82) is 0 Å². The zero-order chi connectivity index (χ0) is 37.5. The first-order valence-electron chi connectivity index (χ1n) is 20.8. The highest BCUT2D eigenvalue weighted by Gasteiger charge is 2.51. The number of hydrogen-bond acceptors (Lipinski definition) is 1. The molecule has 8 aromatic rings. The number of rotatable bonds is 6. The molecule has 0 radical (unpaired) electrons. The Bertz CT molecular complexity index is 2750. The predicted molar refractivity (Wildman–Crippen MR) is 236 cm³/mol. The SMILES string of the molecule is c1ccc(-c2ccccc2-c2ccc(N(c3ccc(C4CC5CCC4C5)cc3)c3ccc4c(c3)C3(c5ccccc5-c5ccccc53)c3ccccc3-4)cc2)cc1. The van der Waals surface area contributed by atoms with E-state index in [1.807, 2.05) is 0 Å². The summed E-state index contributed by atoms with van der Waals surface area (Å²) in [5.74, 6) is 2.49. The maximum absolute atomic E-state index is 2.51. The minimum Gasteiger partial charge on any atom is -0.310 e. The van der Waals surface area contributed by atoms with Gasteiger partial charge in [0.05, 0.1) is 5.41 Å². The van der Waals surface area contributed by atoms with Gasteiger partial charge in [0.1, 0.15) is 0 Å². The number of fused-ring (bicyclic) bond motifs is 12. The second-order valence-electron chi connectivity index (χ2n) is 16.8. The van der Waals surface area contributed by atoms with Crippen molar-refractivity contribution in [3.05, 3.63) is 222 Å². The lowest BCUT2D eigenvalue weighted by Gasteiger charge is -2.32. The molecule has 0 saturated heterocycles. The molecule has 1 spiro atoms. The quantitative estimate of drug-likeness (QED) is 0.165. The lowest BCUT2D eigenvalue weighted by atomic mass is 9.70. The molecule has 0 aliphatic heterocycles. The van der Waals surface area contributed by atoms with Crippen LogP contribution in [0.2, 0.25) is 0 Å². The Kier molecular flexibility index (Phi) is 7.36. The number of benzene rings is 8. The monoisotopic (exact) mass is 729 g/mol. The topological polar surface area (TPSA) is 3.24 Å². The van der Waals surface area contributed by atoms with Gasteiger partial charge >= 0.3 is 0 Å². The van der Waals surface area contributed by atoms with Gasteiger partial charge in [0.15, 0.2) is 0 Å². The molecule has 3 atom stereocenters. The third-order valence-corrected chi connectivity index (χ3v) is 14.0. The minimum absolute atomic E-state index is 0.391. The molecule has 1 nitrogen and oxygen atoms in total. The summed E-state index contributed by atoms with van der Waals surface area (Å²) < 4.78 is 0. The molecule has 4 aliphatic rings. The zero-order valence-corrected chi connectivity index (χ0v) is 32.0. The van der Waals surface area contributed by atoms with E-state index in [4.69, 9.17) is 0 Å². The fraction of sp³-hybridized carbons (Fsp3) is 0.143. The summed E-state index contributed by atoms with van der Waals surface area (Å²) in [6.45, 7) is 0. The molecule has 2 fully saturated rings. The van der Waals surface area contributed by atoms with Gasteiger partial charge in [-0.2, -0.15) is 0 Å². The maximum Gasteiger partial charge on any atom is 0.0726 e. The van der Waals surface area contributed by atoms with Crippen LogP contribution in [0.4, 0.5) is 17.1 Å². The van der Waals surface area contributed by atoms with Gasteiger partial charge in [-0.05, 0) is 146 Å². The summed E-state index contributed by atoms with van der Waals surface area (Å²) >= 11 is 0. The van der Waals surface area contributed by atoms with E-state index in [9.17, 15) is 0 Å². The molecule has 2 bridgehead atoms. The van der Waals surface area contributed by atoms with Crippen LogP contribution in [0.1, 0.15) is 59.4 Å². The van der Waals surface area contributed by atoms with Gasteiger partial charge in [-0.3, -0.25) is 0 Å². The first-order valence-corrected chi connectivity index (χ1v) is 20.8. The fourth-order valence-electron chi connectivity index (χ4n) is 11.6. The van der Waals surface area contributed by atoms with Gasteiger partial charge in [-0.1, -0.05) is 164 Å². The number of nitrogens with zero attached hydrogens (tertiary/aromatic N) is 1. The van der Waals surface area contributed by atoms with Gasteiger partial charge < -0.3 is 4.90 Å². The summed E-state index contributed by atoms with van der Waals surface area (Å²) in [4.78, 5) is 2.49. The van der Waals surface area contributed by atoms with Crippen molar-refractivity contribution >= 4 is 17.1 Å². The Morgan fingerprint density at radius 3 is 1.39 bits per heavy atom. The van der Waals surface area contributed by atoms with Crippen molar-refractivity contribution in [2.24, 2.45) is 11.8 Å². The molecule has 4 aliphatic carbocycles. The van der Waals surface area contributed by atoms with Crippen LogP contribution in [0, 0.1) is 11.8 Å². The number of hydrogen-bond donors (Lipinski definition) is 0. The van der Waals surface area contributed by atoms with Crippen LogP contribution < -0.4 is 4.90 Å². The van der Waals surface area contributed by atoms with Crippen molar-refractivity contribution in [3.63, 3.8) is 0 Å². The van der Waals surface area contributed by atoms with Crippen molar-refractivity contribution in [2.45, 2.75) is 37.0 Å². The molecule has 0 aromatic heterocycles. The highest BCUT2D eigenvalue weighted by atomic mass is 15.1. The van der Waals surface area contributed by atoms with E-state index >= 15 is 0 Å². The van der Waals surface area contributed by atoms with E-state index in [1.165, 1.54) is 109 Å². The van der Waals surface area contributed by atoms with Crippen LogP contribution in [0.3, 0.4) is 0 Å². The van der Waals surface area contributed by atoms with Crippen molar-refractivity contribution in [1.82, 2.24) is 0 Å². The highest BCUT2D eigenvalue weighted by molar-refractivity contribution is 5.96. The normalized spacial score (nSPS) is 18.9. The van der Waals surface area contributed by atoms with Crippen LogP contribution in [0.25, 0.3) is 44.5 Å². The molecule has 57 heavy (non-hydrogen) atoms. The largest absolute Gasteiger partial charge is 0.310 e. The van der Waals surface area contributed by atoms with Gasteiger partial charge in [-0.25, -0.2) is 0 Å². The number of anilines is 3. The zero-order valence-electron chi connectivity index (χ0n) is 32.0. The second kappa shape index (κ2) is 12.8. The van der Waals surface area contributed by atoms with Crippen LogP contribution in [0.15, 0.2) is 194 Å². The molecule has 2 saturated carbocycles. The van der Waals surface area contributed by atoms with E-state index < -0.39 is 5.41 Å². The second-order valence-corrected chi connectivity index (χ2v) is 16.8. The third-order valence-electron chi connectivity index (χ3n) is 14.0. The molecule has 12 rings (SSSR count). The summed E-state index contributed by atoms with van der Waals surface area (Å²) in [7, 11) is 0. The van der Waals surface area contributed by atoms with E-state index in [0.29, 0.717) is 5.92 Å². The van der Waals surface area contributed by atoms with E-state index in [0.717, 1.165) is 17.5 Å². The van der Waals surface area contributed by atoms with E-state index in [1.54, 1.807) is 0 Å². The molecule has 0 N–H and O–H groups in total. The average Bonchev–Trinajstić information content (AvgIpc) is 4.06. The molecule has 8 aromatic carbocycles. The molecule has 3 unspecified atom stereocenters. The Balaban J connectivity index is 1.03. The molecule has 0 heterocycles. The Hall–Kier alpha value is -6.44. The van der Waals surface area contributed by atoms with Gasteiger partial charge in [0.25, 0.3) is 0 Å². The third kappa shape index (κ3) is 4.88. The summed E-state index contributed by atoms with van der Waals surface area (Å²) in [5, 5.41) is 0. The van der Waals surface area contributed by atoms with E-state index in [-0.39, 0.29) is 0 Å². The predicted octanol–water partition coefficient (Wildman–Crippen LogP) is 14.7. The Labute approximate surface area is 335 Å². The van der Waals surface area contributed by atoms with Crippen molar-refractivity contribution in [2.75, 3.05) is 4.90 Å². The van der Waals surface area contributed by atoms with Crippen LogP contribution >= 0.6 is 0 Å². The maximum atomic E-state index is 2.51. The summed E-state index contributed by atoms with van der Waals surface area (Å²) in [5.41, 5.74) is 20.4. The average molecular weight is 730 g/mol. The Morgan fingerprint density at radius 2 is 0.842 bits per heavy atom. The van der Waals surface area contributed by atoms with E-state index in [2.05, 4.69) is 199 Å². The molecular formula is C56H43N. The molecule has 1 heteroatoms. The summed E-state index contributed by atoms with van der Waals surface area (Å²) in [6, 6.07) is 73.0. The van der Waals surface area contributed by atoms with Crippen LogP contribution in [-0.2, 0) is 5.41 Å². The van der Waals surface area contributed by atoms with Crippen molar-refractivity contribution in [3.8, 4) is 44.5 Å². The van der Waals surface area contributed by atoms with Gasteiger partial charge in [0.2, 0.25) is 0 Å². The fourth-order valence-corrected chi connectivity index (χ4v) is 11.6. The lowest BCUT2D eigenvalue weighted by molar-refractivity contribution is 0.420. The molecule has 272 valence electrons. The smallest absolute Gasteiger partial charge is 0.0726 e. The summed E-state index contributed by atoms with van der Waals surface area (Å²) in [6.07, 6.45) is 5.60. The van der Waals surface area contributed by atoms with Crippen LogP contribution in [-0.4, -0.2) is 0 Å². The first kappa shape index (κ1) is 32.8.